The molecule has 0 bridgehead atoms. The molecule has 2 aliphatic rings. The van der Waals surface area contributed by atoms with Gasteiger partial charge >= 0.3 is 11.8 Å². The summed E-state index contributed by atoms with van der Waals surface area (Å²) in [6.45, 7) is 25.0. The Kier molecular flexibility index (Phi) is 8.66. The van der Waals surface area contributed by atoms with E-state index in [2.05, 4.69) is 88.0 Å². The molecule has 0 spiro atoms. The van der Waals surface area contributed by atoms with Gasteiger partial charge in [-0.05, 0) is 48.7 Å². The first-order chi connectivity index (χ1) is 19.6. The summed E-state index contributed by atoms with van der Waals surface area (Å²) in [5, 5.41) is 2.12. The van der Waals surface area contributed by atoms with Crippen molar-refractivity contribution in [3.8, 4) is 0 Å². The minimum Gasteiger partial charge on any atom is -0.444 e. The van der Waals surface area contributed by atoms with Gasteiger partial charge in [-0.3, -0.25) is 9.64 Å². The molecule has 1 aliphatic heterocycles. The van der Waals surface area contributed by atoms with Crippen molar-refractivity contribution in [3.05, 3.63) is 84.2 Å². The van der Waals surface area contributed by atoms with Crippen LogP contribution in [0.1, 0.15) is 74.7 Å². The normalized spacial score (nSPS) is 24.4. The van der Waals surface area contributed by atoms with Crippen molar-refractivity contribution in [2.75, 3.05) is 6.54 Å². The Bertz CT molecular complexity index is 1310. The number of benzene rings is 2. The van der Waals surface area contributed by atoms with Crippen LogP contribution < -0.4 is 10.4 Å². The maximum Gasteiger partial charge on any atom is 0.416 e. The second kappa shape index (κ2) is 11.5. The highest BCUT2D eigenvalue weighted by Gasteiger charge is 2.59. The zero-order valence-corrected chi connectivity index (χ0v) is 27.4. The van der Waals surface area contributed by atoms with Crippen LogP contribution in [-0.4, -0.2) is 49.0 Å². The number of nitrogens with zero attached hydrogens (tertiary/aromatic N) is 2. The lowest BCUT2D eigenvalue weighted by molar-refractivity contribution is -0.127. The molecule has 224 valence electrons. The Morgan fingerprint density at radius 3 is 2.02 bits per heavy atom. The van der Waals surface area contributed by atoms with Gasteiger partial charge in [0.05, 0.1) is 12.5 Å². The highest BCUT2D eigenvalue weighted by molar-refractivity contribution is 6.99. The van der Waals surface area contributed by atoms with Gasteiger partial charge < -0.3 is 9.16 Å². The summed E-state index contributed by atoms with van der Waals surface area (Å²) in [6, 6.07) is 21.0. The third-order valence-electron chi connectivity index (χ3n) is 8.95. The molecular weight excluding hydrogens is 540 g/mol. The van der Waals surface area contributed by atoms with Crippen LogP contribution in [0.25, 0.3) is 4.85 Å². The summed E-state index contributed by atoms with van der Waals surface area (Å²) < 4.78 is 13.2. The summed E-state index contributed by atoms with van der Waals surface area (Å²) >= 11 is 0. The maximum absolute atomic E-state index is 13.6. The quantitative estimate of drug-likeness (QED) is 0.278. The van der Waals surface area contributed by atoms with Crippen LogP contribution in [0.4, 0.5) is 4.79 Å². The highest BCUT2D eigenvalue weighted by Crippen LogP contribution is 2.48. The molecule has 2 aromatic rings. The van der Waals surface area contributed by atoms with Gasteiger partial charge in [0.2, 0.25) is 0 Å². The molecule has 1 amide bonds. The SMILES string of the molecule is [C-]#[N+][C@@]1(C[C@H]2C(=O)C=C[C@@H](O[Si](c3ccccc3)(c3ccccc3)C(C)(C)C)C2(C)C)CCCN1C(=O)OC(C)(C)C. The molecule has 3 atom stereocenters. The number of rotatable bonds is 6. The van der Waals surface area contributed by atoms with Crippen molar-refractivity contribution in [1.82, 2.24) is 4.90 Å². The average Bonchev–Trinajstić information content (AvgIpc) is 3.34. The predicted octanol–water partition coefficient (Wildman–Crippen LogP) is 6.75. The van der Waals surface area contributed by atoms with Crippen molar-refractivity contribution < 1.29 is 18.8 Å². The lowest BCUT2D eigenvalue weighted by Crippen LogP contribution is -2.69. The summed E-state index contributed by atoms with van der Waals surface area (Å²) in [7, 11) is -2.91. The zero-order valence-electron chi connectivity index (χ0n) is 26.4. The van der Waals surface area contributed by atoms with Crippen LogP contribution in [0.3, 0.4) is 0 Å². The van der Waals surface area contributed by atoms with E-state index < -0.39 is 37.0 Å². The van der Waals surface area contributed by atoms with Crippen molar-refractivity contribution in [2.45, 2.75) is 97.1 Å². The number of allylic oxidation sites excluding steroid dienone is 1. The van der Waals surface area contributed by atoms with E-state index in [1.54, 1.807) is 11.0 Å². The van der Waals surface area contributed by atoms with Gasteiger partial charge in [-0.2, -0.15) is 0 Å². The van der Waals surface area contributed by atoms with E-state index in [9.17, 15) is 9.59 Å². The minimum absolute atomic E-state index is 0.0265. The van der Waals surface area contributed by atoms with Crippen molar-refractivity contribution in [2.24, 2.45) is 11.3 Å². The van der Waals surface area contributed by atoms with Crippen LogP contribution in [0.5, 0.6) is 0 Å². The smallest absolute Gasteiger partial charge is 0.416 e. The summed E-state index contributed by atoms with van der Waals surface area (Å²) in [5.74, 6) is -0.538. The molecule has 42 heavy (non-hydrogen) atoms. The Morgan fingerprint density at radius 2 is 1.55 bits per heavy atom. The molecule has 4 rings (SSSR count). The number of carbonyl (C=O) groups excluding carboxylic acids is 2. The summed E-state index contributed by atoms with van der Waals surface area (Å²) in [6.07, 6.45) is 4.14. The zero-order chi connectivity index (χ0) is 31.0. The molecule has 1 fully saturated rings. The third-order valence-corrected chi connectivity index (χ3v) is 14.0. The summed E-state index contributed by atoms with van der Waals surface area (Å²) in [4.78, 5) is 32.5. The predicted molar refractivity (Wildman–Crippen MR) is 170 cm³/mol. The maximum atomic E-state index is 13.6. The van der Waals surface area contributed by atoms with Gasteiger partial charge in [0.15, 0.2) is 5.78 Å². The number of ketones is 1. The number of hydrogen-bond donors (Lipinski definition) is 0. The van der Waals surface area contributed by atoms with Crippen LogP contribution in [0.15, 0.2) is 72.8 Å². The first-order valence-electron chi connectivity index (χ1n) is 15.0. The number of hydrogen-bond acceptors (Lipinski definition) is 4. The minimum atomic E-state index is -2.91. The lowest BCUT2D eigenvalue weighted by atomic mass is 9.66. The number of likely N-dealkylation sites (tertiary alicyclic amines) is 1. The van der Waals surface area contributed by atoms with Gasteiger partial charge in [-0.1, -0.05) is 101 Å². The first kappa shape index (κ1) is 31.7. The van der Waals surface area contributed by atoms with Crippen molar-refractivity contribution >= 4 is 30.6 Å². The molecule has 0 N–H and O–H groups in total. The van der Waals surface area contributed by atoms with Crippen LogP contribution in [-0.2, 0) is 14.0 Å². The van der Waals surface area contributed by atoms with E-state index in [-0.39, 0.29) is 23.3 Å². The summed E-state index contributed by atoms with van der Waals surface area (Å²) in [5.41, 5.74) is -2.45. The van der Waals surface area contributed by atoms with E-state index in [0.29, 0.717) is 19.4 Å². The van der Waals surface area contributed by atoms with E-state index in [0.717, 1.165) is 0 Å². The van der Waals surface area contributed by atoms with Crippen molar-refractivity contribution in [3.63, 3.8) is 0 Å². The molecule has 1 saturated heterocycles. The number of carbonyl (C=O) groups is 2. The van der Waals surface area contributed by atoms with Gasteiger partial charge in [-0.15, -0.1) is 0 Å². The third kappa shape index (κ3) is 5.84. The van der Waals surface area contributed by atoms with Gasteiger partial charge in [-0.25, -0.2) is 16.3 Å². The standard InChI is InChI=1S/C35H46N2O4Si/c1-32(2,3)40-31(39)37-24-16-23-35(37,36-9)25-28-29(38)21-22-30(34(28,7)8)41-42(33(4,5)6,26-17-12-10-13-18-26)27-19-14-11-15-20-27/h10-15,17-22,28,30H,16,23-25H2,1-8H3/t28-,30+,35-/m0/s1. The van der Waals surface area contributed by atoms with Crippen LogP contribution in [0, 0.1) is 17.9 Å². The Labute approximate surface area is 253 Å². The molecular formula is C35H46N2O4Si. The Balaban J connectivity index is 1.76. The molecule has 1 aliphatic carbocycles. The van der Waals surface area contributed by atoms with Gasteiger partial charge in [0.1, 0.15) is 5.60 Å². The Morgan fingerprint density at radius 1 is 1.00 bits per heavy atom. The van der Waals surface area contributed by atoms with E-state index in [1.165, 1.54) is 10.4 Å². The first-order valence-corrected chi connectivity index (χ1v) is 16.9. The molecule has 0 unspecified atom stereocenters. The molecule has 0 radical (unpaired) electrons. The van der Waals surface area contributed by atoms with E-state index >= 15 is 0 Å². The molecule has 0 aromatic heterocycles. The fourth-order valence-corrected chi connectivity index (χ4v) is 11.5. The molecule has 1 heterocycles. The van der Waals surface area contributed by atoms with E-state index in [4.69, 9.17) is 15.7 Å². The topological polar surface area (TPSA) is 60.2 Å². The average molecular weight is 587 g/mol. The van der Waals surface area contributed by atoms with Crippen molar-refractivity contribution in [1.29, 1.82) is 0 Å². The lowest BCUT2D eigenvalue weighted by Gasteiger charge is -2.50. The molecule has 0 saturated carbocycles. The van der Waals surface area contributed by atoms with Crippen LogP contribution in [0.2, 0.25) is 5.04 Å². The van der Waals surface area contributed by atoms with Gasteiger partial charge in [0, 0.05) is 24.3 Å². The van der Waals surface area contributed by atoms with Crippen LogP contribution >= 0.6 is 0 Å². The second-order valence-electron chi connectivity index (χ2n) is 14.4. The molecule has 2 aromatic carbocycles. The largest absolute Gasteiger partial charge is 0.444 e. The van der Waals surface area contributed by atoms with Gasteiger partial charge in [0.25, 0.3) is 8.32 Å². The fourth-order valence-electron chi connectivity index (χ4n) is 6.69. The number of ether oxygens (including phenoxy) is 1. The highest BCUT2D eigenvalue weighted by atomic mass is 28.4. The Hall–Kier alpha value is -3.21. The number of amides is 1. The molecule has 6 nitrogen and oxygen atoms in total. The second-order valence-corrected chi connectivity index (χ2v) is 18.6. The van der Waals surface area contributed by atoms with E-state index in [1.807, 2.05) is 39.0 Å². The molecule has 7 heteroatoms. The monoisotopic (exact) mass is 586 g/mol. The fraction of sp³-hybridized carbons (Fsp3) is 0.514.